The molecule has 0 aliphatic heterocycles. The molecule has 2 nitrogen and oxygen atoms in total. The van der Waals surface area contributed by atoms with Crippen molar-refractivity contribution >= 4 is 0 Å². The van der Waals surface area contributed by atoms with E-state index in [-0.39, 0.29) is 5.76 Å². The molecule has 84 valence electrons. The predicted octanol–water partition coefficient (Wildman–Crippen LogP) is 3.79. The van der Waals surface area contributed by atoms with E-state index in [0.717, 1.165) is 5.70 Å². The number of rotatable bonds is 3. The zero-order valence-corrected chi connectivity index (χ0v) is 10.4. The second-order valence-electron chi connectivity index (χ2n) is 1.77. The van der Waals surface area contributed by atoms with Gasteiger partial charge in [-0.05, 0) is 19.1 Å². The van der Waals surface area contributed by atoms with E-state index >= 15 is 0 Å². The van der Waals surface area contributed by atoms with Gasteiger partial charge in [-0.25, -0.2) is 0 Å². The van der Waals surface area contributed by atoms with Crippen molar-refractivity contribution in [1.29, 1.82) is 0 Å². The Bertz CT molecular complexity index is 169. The van der Waals surface area contributed by atoms with Crippen molar-refractivity contribution in [3.63, 3.8) is 0 Å². The normalized spacial score (nSPS) is 10.1. The summed E-state index contributed by atoms with van der Waals surface area (Å²) < 4.78 is 0. The summed E-state index contributed by atoms with van der Waals surface area (Å²) in [6, 6.07) is 0. The van der Waals surface area contributed by atoms with Gasteiger partial charge in [-0.1, -0.05) is 34.3 Å². The van der Waals surface area contributed by atoms with Crippen LogP contribution in [-0.4, -0.2) is 12.2 Å². The fraction of sp³-hybridized carbons (Fsp3) is 0.500. The molecule has 0 spiro atoms. The number of aliphatic hydroxyl groups excluding tert-OH is 1. The van der Waals surface area contributed by atoms with Crippen LogP contribution in [0.3, 0.4) is 0 Å². The maximum Gasteiger partial charge on any atom is 0.113 e. The van der Waals surface area contributed by atoms with Crippen molar-refractivity contribution in [2.45, 2.75) is 34.6 Å². The minimum atomic E-state index is 0.240. The van der Waals surface area contributed by atoms with Crippen LogP contribution in [0.25, 0.3) is 0 Å². The number of nitrogens with one attached hydrogen (secondary N) is 1. The third-order valence-corrected chi connectivity index (χ3v) is 1.11. The molecule has 0 heterocycles. The molecule has 2 N–H and O–H groups in total. The van der Waals surface area contributed by atoms with Crippen molar-refractivity contribution in [2.75, 3.05) is 7.05 Å². The van der Waals surface area contributed by atoms with Gasteiger partial charge in [0.2, 0.25) is 0 Å². The first kappa shape index (κ1) is 18.6. The average Bonchev–Trinajstić information content (AvgIpc) is 2.30. The molecule has 0 bridgehead atoms. The van der Waals surface area contributed by atoms with E-state index in [0.29, 0.717) is 0 Å². The average molecular weight is 199 g/mol. The zero-order chi connectivity index (χ0) is 12.0. The Hall–Kier alpha value is -1.18. The molecule has 0 rings (SSSR count). The van der Waals surface area contributed by atoms with Crippen molar-refractivity contribution < 1.29 is 5.11 Å². The number of allylic oxidation sites excluding steroid dienone is 3. The highest BCUT2D eigenvalue weighted by Gasteiger charge is 1.86. The van der Waals surface area contributed by atoms with Gasteiger partial charge in [0.25, 0.3) is 0 Å². The van der Waals surface area contributed by atoms with E-state index in [9.17, 15) is 0 Å². The maximum atomic E-state index is 8.99. The highest BCUT2D eigenvalue weighted by Crippen LogP contribution is 1.95. The third-order valence-electron chi connectivity index (χ3n) is 1.11. The minimum absolute atomic E-state index is 0.240. The molecule has 0 saturated carbocycles. The van der Waals surface area contributed by atoms with Crippen LogP contribution in [0.2, 0.25) is 0 Å². The lowest BCUT2D eigenvalue weighted by atomic mass is 10.3. The van der Waals surface area contributed by atoms with Crippen LogP contribution in [0.1, 0.15) is 34.6 Å². The highest BCUT2D eigenvalue weighted by molar-refractivity contribution is 5.22. The summed E-state index contributed by atoms with van der Waals surface area (Å²) in [5, 5.41) is 11.8. The summed E-state index contributed by atoms with van der Waals surface area (Å²) in [5.41, 5.74) is 0.801. The van der Waals surface area contributed by atoms with E-state index < -0.39 is 0 Å². The molecule has 2 heteroatoms. The van der Waals surface area contributed by atoms with Gasteiger partial charge in [0.05, 0.1) is 0 Å². The van der Waals surface area contributed by atoms with Crippen LogP contribution in [0.4, 0.5) is 0 Å². The molecule has 0 aromatic heterocycles. The van der Waals surface area contributed by atoms with Gasteiger partial charge in [-0.3, -0.25) is 0 Å². The van der Waals surface area contributed by atoms with Crippen molar-refractivity contribution in [3.05, 3.63) is 36.3 Å². The fourth-order valence-corrected chi connectivity index (χ4v) is 0.476. The first-order chi connectivity index (χ1) is 6.74. The van der Waals surface area contributed by atoms with E-state index in [2.05, 4.69) is 11.9 Å². The molecular formula is C12H25NO. The van der Waals surface area contributed by atoms with Crippen LogP contribution < -0.4 is 5.32 Å². The van der Waals surface area contributed by atoms with E-state index in [1.165, 1.54) is 0 Å². The Kier molecular flexibility index (Phi) is 23.6. The van der Waals surface area contributed by atoms with E-state index in [1.807, 2.05) is 27.7 Å². The molecule has 0 atom stereocenters. The smallest absolute Gasteiger partial charge is 0.113 e. The zero-order valence-electron chi connectivity index (χ0n) is 10.4. The molecule has 0 aliphatic carbocycles. The molecule has 0 fully saturated rings. The third kappa shape index (κ3) is 13.4. The summed E-state index contributed by atoms with van der Waals surface area (Å²) in [4.78, 5) is 0. The molecule has 0 saturated heterocycles. The highest BCUT2D eigenvalue weighted by atomic mass is 16.3. The van der Waals surface area contributed by atoms with Gasteiger partial charge in [0.15, 0.2) is 0 Å². The van der Waals surface area contributed by atoms with Gasteiger partial charge in [-0.2, -0.15) is 0 Å². The monoisotopic (exact) mass is 199 g/mol. The second kappa shape index (κ2) is 17.8. The fourth-order valence-electron chi connectivity index (χ4n) is 0.476. The lowest BCUT2D eigenvalue weighted by Crippen LogP contribution is -2.02. The van der Waals surface area contributed by atoms with Crippen LogP contribution >= 0.6 is 0 Å². The first-order valence-corrected chi connectivity index (χ1v) is 5.11. The van der Waals surface area contributed by atoms with Crippen molar-refractivity contribution in [2.24, 2.45) is 0 Å². The Morgan fingerprint density at radius 3 is 1.86 bits per heavy atom. The molecular weight excluding hydrogens is 174 g/mol. The topological polar surface area (TPSA) is 32.3 Å². The minimum Gasteiger partial charge on any atom is -0.508 e. The van der Waals surface area contributed by atoms with Crippen LogP contribution in [0, 0.1) is 0 Å². The Balaban J connectivity index is -0.000000266. The SMILES string of the molecule is C=C/C(=C\C(O)=C/C)NC.CC.CC. The number of aliphatic hydroxyl groups is 1. The van der Waals surface area contributed by atoms with Crippen molar-refractivity contribution in [1.82, 2.24) is 5.32 Å². The molecule has 14 heavy (non-hydrogen) atoms. The Labute approximate surface area is 89.0 Å². The molecule has 0 aliphatic rings. The number of hydrogen-bond acceptors (Lipinski definition) is 2. The van der Waals surface area contributed by atoms with E-state index in [4.69, 9.17) is 5.11 Å². The summed E-state index contributed by atoms with van der Waals surface area (Å²) in [7, 11) is 1.77. The lowest BCUT2D eigenvalue weighted by Gasteiger charge is -1.97. The maximum absolute atomic E-state index is 8.99. The predicted molar refractivity (Wildman–Crippen MR) is 66.4 cm³/mol. The van der Waals surface area contributed by atoms with Crippen molar-refractivity contribution in [3.8, 4) is 0 Å². The molecule has 0 aromatic carbocycles. The van der Waals surface area contributed by atoms with Crippen LogP contribution in [-0.2, 0) is 0 Å². The van der Waals surface area contributed by atoms with E-state index in [1.54, 1.807) is 32.2 Å². The second-order valence-corrected chi connectivity index (χ2v) is 1.77. The summed E-state index contributed by atoms with van der Waals surface area (Å²) >= 11 is 0. The Morgan fingerprint density at radius 2 is 1.64 bits per heavy atom. The number of hydrogen-bond donors (Lipinski definition) is 2. The lowest BCUT2D eigenvalue weighted by molar-refractivity contribution is 0.430. The molecule has 0 unspecified atom stereocenters. The summed E-state index contributed by atoms with van der Waals surface area (Å²) in [5.74, 6) is 0.240. The molecule has 0 radical (unpaired) electrons. The first-order valence-electron chi connectivity index (χ1n) is 5.11. The van der Waals surface area contributed by atoms with Gasteiger partial charge in [-0.15, -0.1) is 0 Å². The summed E-state index contributed by atoms with van der Waals surface area (Å²) in [6.45, 7) is 13.3. The molecule has 0 aromatic rings. The molecule has 0 amide bonds. The van der Waals surface area contributed by atoms with Gasteiger partial charge in [0, 0.05) is 18.8 Å². The van der Waals surface area contributed by atoms with Gasteiger partial charge < -0.3 is 10.4 Å². The quantitative estimate of drug-likeness (QED) is 0.535. The van der Waals surface area contributed by atoms with Gasteiger partial charge >= 0.3 is 0 Å². The standard InChI is InChI=1S/C8H13NO.2C2H6/c1-4-7(9-3)6-8(10)5-2;2*1-2/h4-6,9-10H,1H2,2-3H3;2*1-2H3/b7-6+,8-5+;;. The summed E-state index contributed by atoms with van der Waals surface area (Å²) in [6.07, 6.45) is 4.85. The van der Waals surface area contributed by atoms with Crippen LogP contribution in [0.15, 0.2) is 36.3 Å². The van der Waals surface area contributed by atoms with Gasteiger partial charge in [0.1, 0.15) is 5.76 Å². The number of likely N-dealkylation sites (N-methyl/N-ethyl adjacent to an activating group) is 1. The Morgan fingerprint density at radius 1 is 1.21 bits per heavy atom. The van der Waals surface area contributed by atoms with Crippen LogP contribution in [0.5, 0.6) is 0 Å². The largest absolute Gasteiger partial charge is 0.508 e.